The minimum absolute atomic E-state index is 0.0810. The van der Waals surface area contributed by atoms with Gasteiger partial charge < -0.3 is 9.53 Å². The lowest BCUT2D eigenvalue weighted by Crippen LogP contribution is -2.03. The Kier molecular flexibility index (Phi) is 3.61. The Hall–Kier alpha value is -0.370. The van der Waals surface area contributed by atoms with E-state index in [0.29, 0.717) is 6.42 Å². The molecule has 2 heteroatoms. The molecule has 0 fully saturated rings. The highest BCUT2D eigenvalue weighted by Crippen LogP contribution is 1.88. The molecule has 0 aromatic heterocycles. The van der Waals surface area contributed by atoms with Gasteiger partial charge in [-0.3, -0.25) is 0 Å². The van der Waals surface area contributed by atoms with Gasteiger partial charge in [-0.2, -0.15) is 0 Å². The van der Waals surface area contributed by atoms with E-state index < -0.39 is 0 Å². The van der Waals surface area contributed by atoms with E-state index in [-0.39, 0.29) is 6.10 Å². The highest BCUT2D eigenvalue weighted by molar-refractivity contribution is 5.49. The van der Waals surface area contributed by atoms with E-state index in [1.807, 2.05) is 6.92 Å². The quantitative estimate of drug-likeness (QED) is 0.488. The predicted molar refractivity (Wildman–Crippen MR) is 27.2 cm³/mol. The number of ether oxygens (including phenoxy) is 1. The van der Waals surface area contributed by atoms with Gasteiger partial charge in [0.1, 0.15) is 6.29 Å². The van der Waals surface area contributed by atoms with Gasteiger partial charge in [0.15, 0.2) is 0 Å². The summed E-state index contributed by atoms with van der Waals surface area (Å²) in [5, 5.41) is 0. The summed E-state index contributed by atoms with van der Waals surface area (Å²) in [5.41, 5.74) is 0. The van der Waals surface area contributed by atoms with Crippen molar-refractivity contribution in [1.29, 1.82) is 0 Å². The van der Waals surface area contributed by atoms with Crippen molar-refractivity contribution in [2.75, 3.05) is 7.11 Å². The zero-order chi connectivity index (χ0) is 5.70. The van der Waals surface area contributed by atoms with Gasteiger partial charge in [0, 0.05) is 13.5 Å². The summed E-state index contributed by atoms with van der Waals surface area (Å²) in [7, 11) is 1.59. The van der Waals surface area contributed by atoms with E-state index in [1.165, 1.54) is 0 Å². The largest absolute Gasteiger partial charge is 0.381 e. The van der Waals surface area contributed by atoms with Crippen LogP contribution in [0.5, 0.6) is 0 Å². The fourth-order valence-corrected chi connectivity index (χ4v) is 0.232. The summed E-state index contributed by atoms with van der Waals surface area (Å²) >= 11 is 0. The molecule has 0 aromatic carbocycles. The van der Waals surface area contributed by atoms with Crippen LogP contribution in [0.2, 0.25) is 0 Å². The monoisotopic (exact) mass is 102 g/mol. The third kappa shape index (κ3) is 3.46. The second-order valence-electron chi connectivity index (χ2n) is 1.45. The summed E-state index contributed by atoms with van der Waals surface area (Å²) < 4.78 is 4.76. The van der Waals surface area contributed by atoms with E-state index in [2.05, 4.69) is 0 Å². The van der Waals surface area contributed by atoms with Crippen molar-refractivity contribution in [2.45, 2.75) is 19.4 Å². The van der Waals surface area contributed by atoms with Crippen molar-refractivity contribution in [2.24, 2.45) is 0 Å². The molecule has 0 unspecified atom stereocenters. The van der Waals surface area contributed by atoms with Crippen LogP contribution >= 0.6 is 0 Å². The maximum atomic E-state index is 9.69. The van der Waals surface area contributed by atoms with Gasteiger partial charge in [-0.1, -0.05) is 0 Å². The number of methoxy groups -OCH3 is 1. The van der Waals surface area contributed by atoms with Crippen molar-refractivity contribution in [3.63, 3.8) is 0 Å². The van der Waals surface area contributed by atoms with E-state index in [9.17, 15) is 4.79 Å². The molecule has 0 bridgehead atoms. The minimum atomic E-state index is 0.0810. The lowest BCUT2D eigenvalue weighted by Gasteiger charge is -2.00. The Morgan fingerprint density at radius 2 is 2.43 bits per heavy atom. The van der Waals surface area contributed by atoms with Gasteiger partial charge in [0.05, 0.1) is 6.10 Å². The highest BCUT2D eigenvalue weighted by atomic mass is 16.5. The smallest absolute Gasteiger partial charge is 0.122 e. The molecule has 0 aliphatic carbocycles. The van der Waals surface area contributed by atoms with Crippen LogP contribution in [0.25, 0.3) is 0 Å². The molecule has 0 aromatic rings. The van der Waals surface area contributed by atoms with Crippen LogP contribution in [0.3, 0.4) is 0 Å². The molecule has 7 heavy (non-hydrogen) atoms. The average molecular weight is 102 g/mol. The van der Waals surface area contributed by atoms with Crippen LogP contribution in [-0.2, 0) is 9.53 Å². The Morgan fingerprint density at radius 1 is 1.86 bits per heavy atom. The van der Waals surface area contributed by atoms with E-state index >= 15 is 0 Å². The van der Waals surface area contributed by atoms with Gasteiger partial charge in [-0.15, -0.1) is 0 Å². The molecule has 0 rings (SSSR count). The third-order valence-electron chi connectivity index (χ3n) is 0.831. The molecular formula is C5H10O2. The highest BCUT2D eigenvalue weighted by Gasteiger charge is 1.93. The Morgan fingerprint density at radius 3 is 2.57 bits per heavy atom. The lowest BCUT2D eigenvalue weighted by molar-refractivity contribution is -0.109. The molecule has 2 nitrogen and oxygen atoms in total. The van der Waals surface area contributed by atoms with Crippen molar-refractivity contribution >= 4 is 6.29 Å². The molecular weight excluding hydrogens is 92.1 g/mol. The molecule has 42 valence electrons. The van der Waals surface area contributed by atoms with Crippen molar-refractivity contribution in [3.8, 4) is 0 Å². The number of hydrogen-bond donors (Lipinski definition) is 0. The predicted octanol–water partition coefficient (Wildman–Crippen LogP) is 0.610. The second-order valence-corrected chi connectivity index (χ2v) is 1.45. The number of carbonyl (C=O) groups is 1. The van der Waals surface area contributed by atoms with E-state index in [4.69, 9.17) is 4.74 Å². The Bertz CT molecular complexity index is 52.0. The maximum Gasteiger partial charge on any atom is 0.122 e. The summed E-state index contributed by atoms with van der Waals surface area (Å²) in [6, 6.07) is 0. The van der Waals surface area contributed by atoms with Gasteiger partial charge in [0.25, 0.3) is 0 Å². The summed E-state index contributed by atoms with van der Waals surface area (Å²) in [6.07, 6.45) is 1.43. The fraction of sp³-hybridized carbons (Fsp3) is 0.800. The van der Waals surface area contributed by atoms with Crippen molar-refractivity contribution < 1.29 is 9.53 Å². The first kappa shape index (κ1) is 6.63. The molecule has 1 atom stereocenters. The summed E-state index contributed by atoms with van der Waals surface area (Å²) in [4.78, 5) is 9.69. The van der Waals surface area contributed by atoms with Gasteiger partial charge in [0.2, 0.25) is 0 Å². The molecule has 0 heterocycles. The van der Waals surface area contributed by atoms with Crippen LogP contribution in [0.4, 0.5) is 0 Å². The number of hydrogen-bond acceptors (Lipinski definition) is 2. The van der Waals surface area contributed by atoms with Gasteiger partial charge in [-0.05, 0) is 6.92 Å². The molecule has 0 N–H and O–H groups in total. The topological polar surface area (TPSA) is 26.3 Å². The molecule has 0 aliphatic rings. The average Bonchev–Trinajstić information content (AvgIpc) is 1.68. The van der Waals surface area contributed by atoms with Crippen LogP contribution in [-0.4, -0.2) is 19.5 Å². The van der Waals surface area contributed by atoms with Crippen LogP contribution in [0.1, 0.15) is 13.3 Å². The van der Waals surface area contributed by atoms with Crippen LogP contribution in [0, 0.1) is 0 Å². The molecule has 0 aliphatic heterocycles. The normalized spacial score (nSPS) is 13.4. The first-order valence-electron chi connectivity index (χ1n) is 2.27. The van der Waals surface area contributed by atoms with Crippen molar-refractivity contribution in [3.05, 3.63) is 0 Å². The van der Waals surface area contributed by atoms with E-state index in [0.717, 1.165) is 6.29 Å². The molecule has 0 amide bonds. The first-order valence-corrected chi connectivity index (χ1v) is 2.27. The number of rotatable bonds is 3. The minimum Gasteiger partial charge on any atom is -0.381 e. The fourth-order valence-electron chi connectivity index (χ4n) is 0.232. The standard InChI is InChI=1S/C5H10O2/c1-5(7-2)3-4-6/h4-5H,3H2,1-2H3/t5-/m1/s1. The Labute approximate surface area is 43.5 Å². The number of aldehydes is 1. The Balaban J connectivity index is 2.98. The summed E-state index contributed by atoms with van der Waals surface area (Å²) in [5.74, 6) is 0. The lowest BCUT2D eigenvalue weighted by atomic mass is 10.3. The van der Waals surface area contributed by atoms with Crippen LogP contribution in [0.15, 0.2) is 0 Å². The zero-order valence-electron chi connectivity index (χ0n) is 4.68. The number of carbonyl (C=O) groups excluding carboxylic acids is 1. The zero-order valence-corrected chi connectivity index (χ0v) is 4.68. The molecule has 0 spiro atoms. The maximum absolute atomic E-state index is 9.69. The van der Waals surface area contributed by atoms with Gasteiger partial charge >= 0.3 is 0 Å². The van der Waals surface area contributed by atoms with Crippen LogP contribution < -0.4 is 0 Å². The first-order chi connectivity index (χ1) is 3.31. The van der Waals surface area contributed by atoms with Crippen molar-refractivity contribution in [1.82, 2.24) is 0 Å². The second kappa shape index (κ2) is 3.81. The third-order valence-corrected chi connectivity index (χ3v) is 0.831. The molecule has 0 saturated carbocycles. The SMILES string of the molecule is CO[C@H](C)CC=O. The summed E-state index contributed by atoms with van der Waals surface area (Å²) in [6.45, 7) is 1.86. The van der Waals surface area contributed by atoms with Gasteiger partial charge in [-0.25, -0.2) is 0 Å². The molecule has 0 saturated heterocycles. The van der Waals surface area contributed by atoms with E-state index in [1.54, 1.807) is 7.11 Å². The molecule has 0 radical (unpaired) electrons.